The largest absolute Gasteiger partial charge is 0.340 e. The number of hydrogen-bond acceptors (Lipinski definition) is 4. The SMILES string of the molecule is Cc1c(/C=N\NC(=O)/C(=C\c2cccs2)NC(=O)c2ccccc2)c2ccccc2n1Cc1ccccc1. The summed E-state index contributed by atoms with van der Waals surface area (Å²) in [5.41, 5.74) is 7.43. The molecule has 0 saturated heterocycles. The number of carbonyl (C=O) groups excluding carboxylic acids is 2. The van der Waals surface area contributed by atoms with Gasteiger partial charge < -0.3 is 9.88 Å². The first kappa shape index (κ1) is 24.9. The maximum absolute atomic E-state index is 13.1. The second-order valence-corrected chi connectivity index (χ2v) is 9.66. The molecule has 0 fully saturated rings. The van der Waals surface area contributed by atoms with E-state index < -0.39 is 5.91 Å². The highest BCUT2D eigenvalue weighted by Gasteiger charge is 2.16. The Hall–Kier alpha value is -4.75. The van der Waals surface area contributed by atoms with Gasteiger partial charge in [0.05, 0.1) is 6.21 Å². The van der Waals surface area contributed by atoms with Crippen LogP contribution in [0.2, 0.25) is 0 Å². The summed E-state index contributed by atoms with van der Waals surface area (Å²) in [7, 11) is 0. The van der Waals surface area contributed by atoms with E-state index in [1.54, 1.807) is 36.6 Å². The van der Waals surface area contributed by atoms with Crippen LogP contribution in [0, 0.1) is 6.92 Å². The van der Waals surface area contributed by atoms with Crippen molar-refractivity contribution in [2.24, 2.45) is 5.10 Å². The predicted molar refractivity (Wildman–Crippen MR) is 154 cm³/mol. The van der Waals surface area contributed by atoms with Crippen molar-refractivity contribution >= 4 is 46.3 Å². The number of nitrogens with one attached hydrogen (secondary N) is 2. The monoisotopic (exact) mass is 518 g/mol. The number of hydrogen-bond donors (Lipinski definition) is 2. The van der Waals surface area contributed by atoms with Crippen LogP contribution in [-0.2, 0) is 11.3 Å². The van der Waals surface area contributed by atoms with E-state index in [-0.39, 0.29) is 11.6 Å². The van der Waals surface area contributed by atoms with Crippen LogP contribution in [0.1, 0.15) is 32.1 Å². The summed E-state index contributed by atoms with van der Waals surface area (Å²) in [6, 6.07) is 31.0. The molecular formula is C31H26N4O2S. The first-order chi connectivity index (χ1) is 18.6. The minimum atomic E-state index is -0.510. The van der Waals surface area contributed by atoms with Crippen LogP contribution < -0.4 is 10.7 Å². The van der Waals surface area contributed by atoms with Gasteiger partial charge in [0, 0.05) is 39.1 Å². The number of nitrogens with zero attached hydrogens (tertiary/aromatic N) is 2. The fourth-order valence-electron chi connectivity index (χ4n) is 4.26. The Morgan fingerprint density at radius 2 is 1.61 bits per heavy atom. The van der Waals surface area contributed by atoms with Gasteiger partial charge in [0.1, 0.15) is 5.70 Å². The molecule has 6 nitrogen and oxygen atoms in total. The van der Waals surface area contributed by atoms with E-state index in [0.717, 1.165) is 33.6 Å². The van der Waals surface area contributed by atoms with E-state index in [2.05, 4.69) is 44.7 Å². The first-order valence-corrected chi connectivity index (χ1v) is 13.0. The second kappa shape index (κ2) is 11.5. The van der Waals surface area contributed by atoms with E-state index in [9.17, 15) is 9.59 Å². The minimum Gasteiger partial charge on any atom is -0.340 e. The van der Waals surface area contributed by atoms with Gasteiger partial charge in [0.15, 0.2) is 0 Å². The molecule has 0 aliphatic heterocycles. The Balaban J connectivity index is 1.39. The lowest BCUT2D eigenvalue weighted by molar-refractivity contribution is -0.117. The number of para-hydroxylation sites is 1. The van der Waals surface area contributed by atoms with E-state index in [1.165, 1.54) is 16.9 Å². The molecule has 3 aromatic carbocycles. The van der Waals surface area contributed by atoms with Crippen LogP contribution in [0.15, 0.2) is 113 Å². The van der Waals surface area contributed by atoms with Gasteiger partial charge >= 0.3 is 0 Å². The Morgan fingerprint density at radius 3 is 2.34 bits per heavy atom. The smallest absolute Gasteiger partial charge is 0.287 e. The number of rotatable bonds is 8. The number of aromatic nitrogens is 1. The van der Waals surface area contributed by atoms with Crippen molar-refractivity contribution < 1.29 is 9.59 Å². The van der Waals surface area contributed by atoms with Crippen LogP contribution in [0.25, 0.3) is 17.0 Å². The number of amides is 2. The Labute approximate surface area is 224 Å². The van der Waals surface area contributed by atoms with Gasteiger partial charge in [-0.15, -0.1) is 11.3 Å². The quantitative estimate of drug-likeness (QED) is 0.151. The molecule has 0 atom stereocenters. The molecule has 188 valence electrons. The first-order valence-electron chi connectivity index (χ1n) is 12.2. The van der Waals surface area contributed by atoms with Gasteiger partial charge in [-0.2, -0.15) is 5.10 Å². The zero-order valence-electron chi connectivity index (χ0n) is 20.8. The number of thiophene rings is 1. The maximum Gasteiger partial charge on any atom is 0.287 e. The summed E-state index contributed by atoms with van der Waals surface area (Å²) in [5, 5.41) is 9.96. The Morgan fingerprint density at radius 1 is 0.895 bits per heavy atom. The van der Waals surface area contributed by atoms with Gasteiger partial charge in [0.2, 0.25) is 0 Å². The number of benzene rings is 3. The molecule has 0 spiro atoms. The van der Waals surface area contributed by atoms with Crippen LogP contribution >= 0.6 is 11.3 Å². The van der Waals surface area contributed by atoms with Crippen LogP contribution in [0.4, 0.5) is 0 Å². The number of hydrazone groups is 1. The lowest BCUT2D eigenvalue weighted by Gasteiger charge is -2.09. The average molecular weight is 519 g/mol. The van der Waals surface area contributed by atoms with Crippen molar-refractivity contribution in [2.45, 2.75) is 13.5 Å². The molecule has 5 rings (SSSR count). The van der Waals surface area contributed by atoms with Gasteiger partial charge in [-0.25, -0.2) is 5.43 Å². The van der Waals surface area contributed by atoms with Crippen LogP contribution in [0.5, 0.6) is 0 Å². The maximum atomic E-state index is 13.1. The third-order valence-electron chi connectivity index (χ3n) is 6.18. The van der Waals surface area contributed by atoms with Gasteiger partial charge in [0.25, 0.3) is 11.8 Å². The predicted octanol–water partition coefficient (Wildman–Crippen LogP) is 5.98. The molecule has 0 radical (unpaired) electrons. The summed E-state index contributed by atoms with van der Waals surface area (Å²) < 4.78 is 2.25. The van der Waals surface area contributed by atoms with Gasteiger partial charge in [-0.05, 0) is 48.2 Å². The lowest BCUT2D eigenvalue weighted by atomic mass is 10.1. The molecule has 2 aromatic heterocycles. The lowest BCUT2D eigenvalue weighted by Crippen LogP contribution is -2.32. The van der Waals surface area contributed by atoms with Crippen molar-refractivity contribution in [2.75, 3.05) is 0 Å². The molecule has 5 aromatic rings. The molecule has 7 heteroatoms. The summed E-state index contributed by atoms with van der Waals surface area (Å²) in [6.07, 6.45) is 3.31. The molecule has 2 heterocycles. The second-order valence-electron chi connectivity index (χ2n) is 8.68. The molecule has 0 bridgehead atoms. The molecular weight excluding hydrogens is 492 g/mol. The summed E-state index contributed by atoms with van der Waals surface area (Å²) >= 11 is 1.47. The van der Waals surface area contributed by atoms with E-state index in [0.29, 0.717) is 5.56 Å². The van der Waals surface area contributed by atoms with Crippen molar-refractivity contribution in [1.82, 2.24) is 15.3 Å². The van der Waals surface area contributed by atoms with Crippen molar-refractivity contribution in [3.05, 3.63) is 135 Å². The highest BCUT2D eigenvalue weighted by atomic mass is 32.1. The fraction of sp³-hybridized carbons (Fsp3) is 0.0645. The van der Waals surface area contributed by atoms with Crippen molar-refractivity contribution in [3.63, 3.8) is 0 Å². The Bertz CT molecular complexity index is 1620. The van der Waals surface area contributed by atoms with Gasteiger partial charge in [-0.1, -0.05) is 72.8 Å². The summed E-state index contributed by atoms with van der Waals surface area (Å²) in [4.78, 5) is 26.7. The van der Waals surface area contributed by atoms with Crippen molar-refractivity contribution in [1.29, 1.82) is 0 Å². The average Bonchev–Trinajstić information content (AvgIpc) is 3.56. The normalized spacial score (nSPS) is 11.7. The van der Waals surface area contributed by atoms with E-state index in [4.69, 9.17) is 0 Å². The molecule has 0 unspecified atom stereocenters. The molecule has 2 N–H and O–H groups in total. The zero-order chi connectivity index (χ0) is 26.3. The molecule has 0 aliphatic rings. The molecule has 0 saturated carbocycles. The highest BCUT2D eigenvalue weighted by Crippen LogP contribution is 2.25. The molecule has 0 aliphatic carbocycles. The summed E-state index contributed by atoms with van der Waals surface area (Å²) in [6.45, 7) is 2.78. The van der Waals surface area contributed by atoms with Crippen LogP contribution in [-0.4, -0.2) is 22.6 Å². The number of fused-ring (bicyclic) bond motifs is 1. The third kappa shape index (κ3) is 5.63. The van der Waals surface area contributed by atoms with Crippen molar-refractivity contribution in [3.8, 4) is 0 Å². The third-order valence-corrected chi connectivity index (χ3v) is 7.00. The van der Waals surface area contributed by atoms with E-state index >= 15 is 0 Å². The van der Waals surface area contributed by atoms with Gasteiger partial charge in [-0.3, -0.25) is 9.59 Å². The topological polar surface area (TPSA) is 75.5 Å². The van der Waals surface area contributed by atoms with E-state index in [1.807, 2.05) is 60.8 Å². The molecule has 2 amide bonds. The summed E-state index contributed by atoms with van der Waals surface area (Å²) in [5.74, 6) is -0.878. The standard InChI is InChI=1S/C31H26N4O2S/c1-22-27(26-16-8-9-17-29(26)35(22)21-23-11-4-2-5-12-23)20-32-34-31(37)28(19-25-15-10-18-38-25)33-30(36)24-13-6-3-7-14-24/h2-20H,21H2,1H3,(H,33,36)(H,34,37)/b28-19+,32-20-. The highest BCUT2D eigenvalue weighted by molar-refractivity contribution is 7.10. The number of carbonyl (C=O) groups is 2. The minimum absolute atomic E-state index is 0.113. The Kier molecular flexibility index (Phi) is 7.57. The molecule has 38 heavy (non-hydrogen) atoms. The zero-order valence-corrected chi connectivity index (χ0v) is 21.6. The fourth-order valence-corrected chi connectivity index (χ4v) is 4.92. The van der Waals surface area contributed by atoms with Crippen LogP contribution in [0.3, 0.4) is 0 Å².